The smallest absolute Gasteiger partial charge is 0.410 e. The molecule has 0 spiro atoms. The molecule has 1 aromatic carbocycles. The largest absolute Gasteiger partial charge is 0.445 e. The van der Waals surface area contributed by atoms with E-state index in [-0.39, 0.29) is 17.6 Å². The minimum Gasteiger partial charge on any atom is -0.445 e. The van der Waals surface area contributed by atoms with Crippen molar-refractivity contribution >= 4 is 6.09 Å². The number of aromatic nitrogens is 1. The van der Waals surface area contributed by atoms with Gasteiger partial charge in [0.25, 0.3) is 0 Å². The zero-order valence-electron chi connectivity index (χ0n) is 14.1. The number of hydrogen-bond acceptors (Lipinski definition) is 4. The first-order chi connectivity index (χ1) is 12.3. The predicted octanol–water partition coefficient (Wildman–Crippen LogP) is 3.36. The maximum absolute atomic E-state index is 12.4. The number of piperidine rings is 1. The van der Waals surface area contributed by atoms with Crippen molar-refractivity contribution in [2.75, 3.05) is 19.7 Å². The van der Waals surface area contributed by atoms with E-state index in [9.17, 15) is 4.79 Å². The lowest BCUT2D eigenvalue weighted by Gasteiger charge is -2.42. The number of rotatable bonds is 3. The molecule has 1 aromatic heterocycles. The third kappa shape index (κ3) is 3.12. The molecule has 2 aliphatic rings. The van der Waals surface area contributed by atoms with Crippen LogP contribution < -0.4 is 0 Å². The molecule has 0 saturated carbocycles. The second-order valence-corrected chi connectivity index (χ2v) is 6.67. The molecule has 2 fully saturated rings. The Morgan fingerprint density at radius 2 is 2.08 bits per heavy atom. The maximum atomic E-state index is 12.4. The van der Waals surface area contributed by atoms with Gasteiger partial charge >= 0.3 is 6.09 Å². The molecular formula is C20H22N2O3. The van der Waals surface area contributed by atoms with Crippen LogP contribution >= 0.6 is 0 Å². The topological polar surface area (TPSA) is 51.7 Å². The third-order valence-electron chi connectivity index (χ3n) is 5.24. The SMILES string of the molecule is O=C(OCc1ccccc1)N1CCC2(c3ccccn3)OCCC2C1. The summed E-state index contributed by atoms with van der Waals surface area (Å²) < 4.78 is 11.6. The van der Waals surface area contributed by atoms with Gasteiger partial charge in [0, 0.05) is 38.2 Å². The zero-order valence-corrected chi connectivity index (χ0v) is 14.1. The number of likely N-dealkylation sites (tertiary alicyclic amines) is 1. The number of fused-ring (bicyclic) bond motifs is 1. The highest BCUT2D eigenvalue weighted by atomic mass is 16.6. The summed E-state index contributed by atoms with van der Waals surface area (Å²) in [5.41, 5.74) is 1.63. The Labute approximate surface area is 147 Å². The van der Waals surface area contributed by atoms with Crippen LogP contribution in [-0.2, 0) is 21.7 Å². The van der Waals surface area contributed by atoms with Crippen LogP contribution in [-0.4, -0.2) is 35.7 Å². The normalized spacial score (nSPS) is 25.4. The number of benzene rings is 1. The fourth-order valence-corrected chi connectivity index (χ4v) is 3.91. The van der Waals surface area contributed by atoms with Crippen molar-refractivity contribution < 1.29 is 14.3 Å². The quantitative estimate of drug-likeness (QED) is 0.861. The van der Waals surface area contributed by atoms with E-state index in [1.165, 1.54) is 0 Å². The lowest BCUT2D eigenvalue weighted by atomic mass is 9.78. The fourth-order valence-electron chi connectivity index (χ4n) is 3.91. The Kier molecular flexibility index (Phi) is 4.40. The summed E-state index contributed by atoms with van der Waals surface area (Å²) in [7, 11) is 0. The van der Waals surface area contributed by atoms with Crippen molar-refractivity contribution in [2.45, 2.75) is 25.0 Å². The van der Waals surface area contributed by atoms with Gasteiger partial charge in [0.1, 0.15) is 12.2 Å². The highest BCUT2D eigenvalue weighted by Crippen LogP contribution is 2.46. The van der Waals surface area contributed by atoms with E-state index in [0.717, 1.165) is 24.1 Å². The third-order valence-corrected chi connectivity index (χ3v) is 5.24. The van der Waals surface area contributed by atoms with Gasteiger partial charge in [0.05, 0.1) is 5.69 Å². The van der Waals surface area contributed by atoms with E-state index in [4.69, 9.17) is 9.47 Å². The number of carbonyl (C=O) groups is 1. The molecule has 0 bridgehead atoms. The van der Waals surface area contributed by atoms with Gasteiger partial charge in [0.2, 0.25) is 0 Å². The van der Waals surface area contributed by atoms with Crippen molar-refractivity contribution in [1.29, 1.82) is 0 Å². The van der Waals surface area contributed by atoms with Crippen LogP contribution in [0.4, 0.5) is 4.79 Å². The van der Waals surface area contributed by atoms with E-state index in [0.29, 0.717) is 26.3 Å². The molecule has 1 amide bonds. The first-order valence-electron chi connectivity index (χ1n) is 8.79. The Morgan fingerprint density at radius 1 is 1.24 bits per heavy atom. The van der Waals surface area contributed by atoms with Crippen molar-refractivity contribution in [3.63, 3.8) is 0 Å². The average Bonchev–Trinajstić information content (AvgIpc) is 3.12. The fraction of sp³-hybridized carbons (Fsp3) is 0.400. The summed E-state index contributed by atoms with van der Waals surface area (Å²) in [6, 6.07) is 15.7. The van der Waals surface area contributed by atoms with Crippen LogP contribution in [0.25, 0.3) is 0 Å². The summed E-state index contributed by atoms with van der Waals surface area (Å²) in [4.78, 5) is 18.8. The van der Waals surface area contributed by atoms with Crippen LogP contribution in [0.15, 0.2) is 54.7 Å². The molecule has 5 nitrogen and oxygen atoms in total. The van der Waals surface area contributed by atoms with Crippen molar-refractivity contribution in [3.05, 3.63) is 66.0 Å². The summed E-state index contributed by atoms with van der Waals surface area (Å²) in [6.45, 7) is 2.31. The highest BCUT2D eigenvalue weighted by molar-refractivity contribution is 5.68. The van der Waals surface area contributed by atoms with E-state index >= 15 is 0 Å². The highest BCUT2D eigenvalue weighted by Gasteiger charge is 2.50. The molecular weight excluding hydrogens is 316 g/mol. The Morgan fingerprint density at radius 3 is 2.88 bits per heavy atom. The van der Waals surface area contributed by atoms with Crippen LogP contribution in [0.3, 0.4) is 0 Å². The molecule has 0 N–H and O–H groups in total. The molecule has 5 heteroatoms. The van der Waals surface area contributed by atoms with Gasteiger partial charge < -0.3 is 14.4 Å². The second-order valence-electron chi connectivity index (χ2n) is 6.67. The van der Waals surface area contributed by atoms with E-state index in [2.05, 4.69) is 4.98 Å². The lowest BCUT2D eigenvalue weighted by molar-refractivity contribution is -0.0698. The number of carbonyl (C=O) groups excluding carboxylic acids is 1. The molecule has 0 aliphatic carbocycles. The van der Waals surface area contributed by atoms with Gasteiger partial charge in [-0.15, -0.1) is 0 Å². The molecule has 2 saturated heterocycles. The summed E-state index contributed by atoms with van der Waals surface area (Å²) in [5.74, 6) is 0.264. The molecule has 2 unspecified atom stereocenters. The number of pyridine rings is 1. The monoisotopic (exact) mass is 338 g/mol. The predicted molar refractivity (Wildman–Crippen MR) is 92.8 cm³/mol. The number of ether oxygens (including phenoxy) is 2. The van der Waals surface area contributed by atoms with Gasteiger partial charge in [-0.2, -0.15) is 0 Å². The van der Waals surface area contributed by atoms with Crippen LogP contribution in [0.2, 0.25) is 0 Å². The van der Waals surface area contributed by atoms with Gasteiger partial charge in [-0.25, -0.2) is 4.79 Å². The molecule has 3 heterocycles. The zero-order chi connectivity index (χ0) is 17.1. The summed E-state index contributed by atoms with van der Waals surface area (Å²) in [5, 5.41) is 0. The number of hydrogen-bond donors (Lipinski definition) is 0. The van der Waals surface area contributed by atoms with E-state index < -0.39 is 0 Å². The van der Waals surface area contributed by atoms with Gasteiger partial charge in [0.15, 0.2) is 0 Å². The summed E-state index contributed by atoms with van der Waals surface area (Å²) >= 11 is 0. The van der Waals surface area contributed by atoms with Gasteiger partial charge in [-0.1, -0.05) is 36.4 Å². The minimum absolute atomic E-state index is 0.245. The molecule has 130 valence electrons. The standard InChI is InChI=1S/C20H22N2O3/c23-19(24-15-16-6-2-1-3-7-16)22-12-10-20(17(14-22)9-13-25-20)18-8-4-5-11-21-18/h1-8,11,17H,9-10,12-15H2. The Balaban J connectivity index is 1.42. The molecule has 2 atom stereocenters. The molecule has 2 aliphatic heterocycles. The Bertz CT molecular complexity index is 722. The van der Waals surface area contributed by atoms with E-state index in [1.54, 1.807) is 0 Å². The molecule has 4 rings (SSSR count). The van der Waals surface area contributed by atoms with Crippen LogP contribution in [0.5, 0.6) is 0 Å². The molecule has 0 radical (unpaired) electrons. The molecule has 25 heavy (non-hydrogen) atoms. The minimum atomic E-state index is -0.350. The first-order valence-corrected chi connectivity index (χ1v) is 8.79. The van der Waals surface area contributed by atoms with Crippen molar-refractivity contribution in [2.24, 2.45) is 5.92 Å². The van der Waals surface area contributed by atoms with Crippen LogP contribution in [0.1, 0.15) is 24.1 Å². The maximum Gasteiger partial charge on any atom is 0.410 e. The van der Waals surface area contributed by atoms with Gasteiger partial charge in [-0.05, 0) is 24.1 Å². The second kappa shape index (κ2) is 6.84. The van der Waals surface area contributed by atoms with Gasteiger partial charge in [-0.3, -0.25) is 4.98 Å². The summed E-state index contributed by atoms with van der Waals surface area (Å²) in [6.07, 6.45) is 3.27. The Hall–Kier alpha value is -2.40. The molecule has 2 aromatic rings. The lowest BCUT2D eigenvalue weighted by Crippen LogP contribution is -2.50. The van der Waals surface area contributed by atoms with Crippen molar-refractivity contribution in [3.8, 4) is 0 Å². The van der Waals surface area contributed by atoms with Crippen LogP contribution in [0, 0.1) is 5.92 Å². The first kappa shape index (κ1) is 16.1. The van der Waals surface area contributed by atoms with Crippen molar-refractivity contribution in [1.82, 2.24) is 9.88 Å². The number of nitrogens with zero attached hydrogens (tertiary/aromatic N) is 2. The van der Waals surface area contributed by atoms with E-state index in [1.807, 2.05) is 59.6 Å². The number of amides is 1. The average molecular weight is 338 g/mol.